The van der Waals surface area contributed by atoms with Crippen molar-refractivity contribution in [2.75, 3.05) is 28.2 Å². The van der Waals surface area contributed by atoms with Crippen LogP contribution in [0.15, 0.2) is 36.5 Å². The number of anilines is 3. The third kappa shape index (κ3) is 3.44. The molecule has 146 valence electrons. The summed E-state index contributed by atoms with van der Waals surface area (Å²) in [4.78, 5) is 38.4. The normalized spacial score (nSPS) is 18.6. The van der Waals surface area contributed by atoms with Gasteiger partial charge < -0.3 is 4.90 Å². The maximum absolute atomic E-state index is 13.1. The first-order valence-corrected chi connectivity index (χ1v) is 9.87. The summed E-state index contributed by atoms with van der Waals surface area (Å²) in [5, 5.41) is 2.86. The molecule has 2 bridgehead atoms. The number of carbonyl (C=O) groups excluding carboxylic acids is 2. The summed E-state index contributed by atoms with van der Waals surface area (Å²) in [5.74, 6) is 1.40. The molecule has 0 saturated carbocycles. The van der Waals surface area contributed by atoms with Crippen LogP contribution >= 0.6 is 0 Å². The van der Waals surface area contributed by atoms with Crippen LogP contribution in [0.3, 0.4) is 0 Å². The predicted molar refractivity (Wildman–Crippen MR) is 109 cm³/mol. The van der Waals surface area contributed by atoms with E-state index >= 15 is 0 Å². The first-order valence-electron chi connectivity index (χ1n) is 9.87. The van der Waals surface area contributed by atoms with E-state index in [9.17, 15) is 9.59 Å². The quantitative estimate of drug-likeness (QED) is 0.801. The highest BCUT2D eigenvalue weighted by atomic mass is 16.2. The highest BCUT2D eigenvalue weighted by Crippen LogP contribution is 2.39. The summed E-state index contributed by atoms with van der Waals surface area (Å²) in [5.41, 5.74) is 1.34. The maximum Gasteiger partial charge on any atom is 0.329 e. The highest BCUT2D eigenvalue weighted by Gasteiger charge is 2.40. The molecular weight excluding hydrogens is 354 g/mol. The molecule has 1 N–H and O–H groups in total. The van der Waals surface area contributed by atoms with Crippen LogP contribution in [0.25, 0.3) is 0 Å². The molecule has 0 aliphatic carbocycles. The molecule has 2 aromatic rings. The predicted octanol–water partition coefficient (Wildman–Crippen LogP) is 3.73. The fraction of sp³-hybridized carbons (Fsp3) is 0.429. The van der Waals surface area contributed by atoms with Crippen LogP contribution in [0.4, 0.5) is 22.1 Å². The average Bonchev–Trinajstić information content (AvgIpc) is 3.12. The molecular formula is C21H25N5O2. The lowest BCUT2D eigenvalue weighted by Gasteiger charge is -2.35. The number of aromatic nitrogens is 2. The van der Waals surface area contributed by atoms with E-state index in [1.807, 2.05) is 12.1 Å². The third-order valence-electron chi connectivity index (χ3n) is 5.59. The lowest BCUT2D eigenvalue weighted by atomic mass is 10.00. The van der Waals surface area contributed by atoms with Crippen molar-refractivity contribution in [3.63, 3.8) is 0 Å². The van der Waals surface area contributed by atoms with Gasteiger partial charge in [-0.05, 0) is 36.6 Å². The van der Waals surface area contributed by atoms with Gasteiger partial charge in [0.1, 0.15) is 11.5 Å². The molecule has 28 heavy (non-hydrogen) atoms. The second-order valence-electron chi connectivity index (χ2n) is 7.58. The zero-order valence-electron chi connectivity index (χ0n) is 16.3. The molecule has 2 aliphatic rings. The molecule has 2 aliphatic heterocycles. The maximum atomic E-state index is 13.1. The number of ketones is 1. The molecule has 2 atom stereocenters. The Morgan fingerprint density at radius 2 is 2.14 bits per heavy atom. The Hall–Kier alpha value is -2.96. The van der Waals surface area contributed by atoms with Crippen molar-refractivity contribution < 1.29 is 9.59 Å². The van der Waals surface area contributed by atoms with Gasteiger partial charge in [0, 0.05) is 25.7 Å². The Balaban J connectivity index is 1.65. The lowest BCUT2D eigenvalue weighted by Crippen LogP contribution is -2.48. The number of rotatable bonds is 5. The van der Waals surface area contributed by atoms with E-state index in [0.29, 0.717) is 29.7 Å². The van der Waals surface area contributed by atoms with Crippen LogP contribution < -0.4 is 15.1 Å². The van der Waals surface area contributed by atoms with Crippen molar-refractivity contribution in [2.45, 2.75) is 39.2 Å². The number of hydrogen-bond acceptors (Lipinski definition) is 5. The van der Waals surface area contributed by atoms with E-state index in [4.69, 9.17) is 0 Å². The molecule has 0 radical (unpaired) electrons. The Kier molecular flexibility index (Phi) is 4.98. The number of nitrogens with one attached hydrogen (secondary N) is 1. The van der Waals surface area contributed by atoms with Crippen molar-refractivity contribution in [1.29, 1.82) is 0 Å². The van der Waals surface area contributed by atoms with Crippen molar-refractivity contribution >= 4 is 29.1 Å². The summed E-state index contributed by atoms with van der Waals surface area (Å²) in [6.45, 7) is 5.80. The first-order chi connectivity index (χ1) is 13.6. The first kappa shape index (κ1) is 18.4. The van der Waals surface area contributed by atoms with Gasteiger partial charge in [-0.1, -0.05) is 26.3 Å². The standard InChI is InChI=1S/C21H25N5O2/c1-3-14(2)12-18(27)16-7-8-17-20(23-16)26(15-9-11-25(17)13-15)21(28)24-19-6-4-5-10-22-19/h4-8,10,14-15H,3,9,11-13H2,1-2H3,(H,22,24,28)/t14-,15-/m0/s1. The molecule has 1 saturated heterocycles. The smallest absolute Gasteiger partial charge is 0.329 e. The van der Waals surface area contributed by atoms with E-state index in [0.717, 1.165) is 31.6 Å². The fourth-order valence-electron chi connectivity index (χ4n) is 3.80. The minimum Gasteiger partial charge on any atom is -0.366 e. The van der Waals surface area contributed by atoms with Gasteiger partial charge in [-0.2, -0.15) is 0 Å². The number of pyridine rings is 2. The van der Waals surface area contributed by atoms with Crippen LogP contribution in [0.2, 0.25) is 0 Å². The number of fused-ring (bicyclic) bond motifs is 4. The van der Waals surface area contributed by atoms with E-state index in [1.165, 1.54) is 0 Å². The summed E-state index contributed by atoms with van der Waals surface area (Å²) < 4.78 is 0. The van der Waals surface area contributed by atoms with Crippen LogP contribution in [-0.2, 0) is 0 Å². The van der Waals surface area contributed by atoms with Crippen LogP contribution in [-0.4, -0.2) is 40.9 Å². The second kappa shape index (κ2) is 7.58. The monoisotopic (exact) mass is 379 g/mol. The van der Waals surface area contributed by atoms with E-state index in [2.05, 4.69) is 34.0 Å². The van der Waals surface area contributed by atoms with E-state index < -0.39 is 0 Å². The molecule has 4 heterocycles. The number of nitrogens with zero attached hydrogens (tertiary/aromatic N) is 4. The van der Waals surface area contributed by atoms with Gasteiger partial charge in [-0.3, -0.25) is 15.0 Å². The average molecular weight is 379 g/mol. The topological polar surface area (TPSA) is 78.4 Å². The summed E-state index contributed by atoms with van der Waals surface area (Å²) in [6.07, 6.45) is 3.93. The molecule has 4 rings (SSSR count). The van der Waals surface area contributed by atoms with Gasteiger partial charge in [0.15, 0.2) is 11.6 Å². The van der Waals surface area contributed by atoms with Gasteiger partial charge in [-0.15, -0.1) is 0 Å². The van der Waals surface area contributed by atoms with Gasteiger partial charge in [-0.25, -0.2) is 14.8 Å². The lowest BCUT2D eigenvalue weighted by molar-refractivity contribution is 0.0959. The zero-order chi connectivity index (χ0) is 19.7. The number of Topliss-reactive ketones (excluding diaryl/α,β-unsaturated/α-hetero) is 1. The van der Waals surface area contributed by atoms with Crippen LogP contribution in [0, 0.1) is 5.92 Å². The summed E-state index contributed by atoms with van der Waals surface area (Å²) in [6, 6.07) is 8.88. The molecule has 2 amide bonds. The van der Waals surface area contributed by atoms with Crippen LogP contribution in [0.1, 0.15) is 43.6 Å². The second-order valence-corrected chi connectivity index (χ2v) is 7.58. The molecule has 0 aromatic carbocycles. The van der Waals surface area contributed by atoms with E-state index in [-0.39, 0.29) is 17.9 Å². The van der Waals surface area contributed by atoms with Gasteiger partial charge in [0.2, 0.25) is 0 Å². The SMILES string of the molecule is CC[C@H](C)CC(=O)c1ccc2c(n1)N(C(=O)Nc1ccccn1)[C@H]1CCN2C1. The molecule has 7 nitrogen and oxygen atoms in total. The Morgan fingerprint density at radius 1 is 1.29 bits per heavy atom. The van der Waals surface area contributed by atoms with Gasteiger partial charge in [0.05, 0.1) is 11.7 Å². The summed E-state index contributed by atoms with van der Waals surface area (Å²) in [7, 11) is 0. The largest absolute Gasteiger partial charge is 0.366 e. The highest BCUT2D eigenvalue weighted by molar-refractivity contribution is 6.05. The van der Waals surface area contributed by atoms with Gasteiger partial charge in [0.25, 0.3) is 0 Å². The molecule has 0 unspecified atom stereocenters. The molecule has 0 spiro atoms. The zero-order valence-corrected chi connectivity index (χ0v) is 16.3. The minimum atomic E-state index is -0.259. The van der Waals surface area contributed by atoms with Crippen LogP contribution in [0.5, 0.6) is 0 Å². The van der Waals surface area contributed by atoms with Crippen molar-refractivity contribution in [3.8, 4) is 0 Å². The van der Waals surface area contributed by atoms with Crippen molar-refractivity contribution in [2.24, 2.45) is 5.92 Å². The fourth-order valence-corrected chi connectivity index (χ4v) is 3.80. The third-order valence-corrected chi connectivity index (χ3v) is 5.59. The molecule has 7 heteroatoms. The number of amides is 2. The molecule has 2 aromatic heterocycles. The number of carbonyl (C=O) groups is 2. The van der Waals surface area contributed by atoms with Crippen molar-refractivity contribution in [1.82, 2.24) is 9.97 Å². The Bertz CT molecular complexity index is 886. The van der Waals surface area contributed by atoms with E-state index in [1.54, 1.807) is 29.3 Å². The Morgan fingerprint density at radius 3 is 2.89 bits per heavy atom. The van der Waals surface area contributed by atoms with Crippen molar-refractivity contribution in [3.05, 3.63) is 42.2 Å². The number of urea groups is 1. The summed E-state index contributed by atoms with van der Waals surface area (Å²) >= 11 is 0. The Labute approximate surface area is 164 Å². The minimum absolute atomic E-state index is 0.0233. The molecule has 1 fully saturated rings. The number of hydrogen-bond donors (Lipinski definition) is 1. The van der Waals surface area contributed by atoms with Gasteiger partial charge >= 0.3 is 6.03 Å².